The molecule has 0 radical (unpaired) electrons. The quantitative estimate of drug-likeness (QED) is 0.605. The Morgan fingerprint density at radius 3 is 2.92 bits per heavy atom. The maximum absolute atomic E-state index is 12.7. The van der Waals surface area contributed by atoms with E-state index in [1.807, 2.05) is 59.4 Å². The smallest absolute Gasteiger partial charge is 0.256 e. The molecule has 2 aromatic carbocycles. The predicted molar refractivity (Wildman–Crippen MR) is 103 cm³/mol. The van der Waals surface area contributed by atoms with E-state index < -0.39 is 0 Å². The first-order valence-corrected chi connectivity index (χ1v) is 9.67. The second kappa shape index (κ2) is 8.80. The SMILES string of the molecule is COCc1cccc(NC(=O)c2ccccc2SCc2cscn2)c1. The highest BCUT2D eigenvalue weighted by atomic mass is 32.2. The number of thioether (sulfide) groups is 1. The Hall–Kier alpha value is -2.15. The van der Waals surface area contributed by atoms with E-state index in [2.05, 4.69) is 10.3 Å². The van der Waals surface area contributed by atoms with Crippen LogP contribution in [0.4, 0.5) is 5.69 Å². The largest absolute Gasteiger partial charge is 0.380 e. The molecule has 3 rings (SSSR count). The monoisotopic (exact) mass is 370 g/mol. The summed E-state index contributed by atoms with van der Waals surface area (Å²) >= 11 is 3.20. The maximum Gasteiger partial charge on any atom is 0.256 e. The molecule has 0 saturated carbocycles. The number of carbonyl (C=O) groups is 1. The van der Waals surface area contributed by atoms with Crippen LogP contribution >= 0.6 is 23.1 Å². The zero-order valence-electron chi connectivity index (χ0n) is 13.8. The Labute approximate surface area is 155 Å². The van der Waals surface area contributed by atoms with Crippen LogP contribution in [0.3, 0.4) is 0 Å². The number of ether oxygens (including phenoxy) is 1. The van der Waals surface area contributed by atoms with Gasteiger partial charge >= 0.3 is 0 Å². The number of anilines is 1. The number of benzene rings is 2. The standard InChI is InChI=1S/C19H18N2O2S2/c1-23-10-14-5-4-6-15(9-14)21-19(22)17-7-2-3-8-18(17)25-12-16-11-24-13-20-16/h2-9,11,13H,10,12H2,1H3,(H,21,22). The summed E-state index contributed by atoms with van der Waals surface area (Å²) in [5.74, 6) is 0.632. The van der Waals surface area contributed by atoms with Crippen molar-refractivity contribution in [2.24, 2.45) is 0 Å². The topological polar surface area (TPSA) is 51.2 Å². The number of aromatic nitrogens is 1. The molecular weight excluding hydrogens is 352 g/mol. The van der Waals surface area contributed by atoms with Crippen molar-refractivity contribution in [1.29, 1.82) is 0 Å². The van der Waals surface area contributed by atoms with Crippen molar-refractivity contribution in [3.05, 3.63) is 76.2 Å². The first-order valence-electron chi connectivity index (χ1n) is 7.74. The third-order valence-corrected chi connectivity index (χ3v) is 5.23. The number of rotatable bonds is 7. The van der Waals surface area contributed by atoms with Crippen LogP contribution in [-0.4, -0.2) is 18.0 Å². The molecule has 1 amide bonds. The molecule has 0 bridgehead atoms. The molecule has 0 unspecified atom stereocenters. The van der Waals surface area contributed by atoms with E-state index in [4.69, 9.17) is 4.74 Å². The molecule has 0 aliphatic rings. The number of carbonyl (C=O) groups excluding carboxylic acids is 1. The van der Waals surface area contributed by atoms with Crippen LogP contribution in [0.1, 0.15) is 21.6 Å². The van der Waals surface area contributed by atoms with Crippen molar-refractivity contribution in [3.8, 4) is 0 Å². The Balaban J connectivity index is 1.72. The summed E-state index contributed by atoms with van der Waals surface area (Å²) in [4.78, 5) is 17.9. The first-order chi connectivity index (χ1) is 12.3. The van der Waals surface area contributed by atoms with Gasteiger partial charge in [0.1, 0.15) is 0 Å². The molecule has 4 nitrogen and oxygen atoms in total. The molecule has 0 saturated heterocycles. The van der Waals surface area contributed by atoms with Crippen LogP contribution in [0.15, 0.2) is 64.3 Å². The lowest BCUT2D eigenvalue weighted by atomic mass is 10.2. The molecule has 3 aromatic rings. The van der Waals surface area contributed by atoms with Crippen LogP contribution in [-0.2, 0) is 17.1 Å². The van der Waals surface area contributed by atoms with Gasteiger partial charge in [0.25, 0.3) is 5.91 Å². The normalized spacial score (nSPS) is 10.6. The van der Waals surface area contributed by atoms with Gasteiger partial charge in [-0.25, -0.2) is 4.98 Å². The van der Waals surface area contributed by atoms with Crippen molar-refractivity contribution >= 4 is 34.7 Å². The highest BCUT2D eigenvalue weighted by Gasteiger charge is 2.12. The summed E-state index contributed by atoms with van der Waals surface area (Å²) in [6.45, 7) is 0.518. The van der Waals surface area contributed by atoms with Crippen LogP contribution < -0.4 is 5.32 Å². The minimum Gasteiger partial charge on any atom is -0.380 e. The van der Waals surface area contributed by atoms with Crippen molar-refractivity contribution in [1.82, 2.24) is 4.98 Å². The number of hydrogen-bond donors (Lipinski definition) is 1. The molecule has 0 fully saturated rings. The number of hydrogen-bond acceptors (Lipinski definition) is 5. The van der Waals surface area contributed by atoms with Crippen LogP contribution in [0.25, 0.3) is 0 Å². The molecule has 25 heavy (non-hydrogen) atoms. The zero-order valence-corrected chi connectivity index (χ0v) is 15.4. The van der Waals surface area contributed by atoms with Gasteiger partial charge in [0.15, 0.2) is 0 Å². The van der Waals surface area contributed by atoms with Crippen molar-refractivity contribution in [2.45, 2.75) is 17.3 Å². The maximum atomic E-state index is 12.7. The minimum atomic E-state index is -0.115. The van der Waals surface area contributed by atoms with Gasteiger partial charge in [-0.2, -0.15) is 0 Å². The molecule has 0 spiro atoms. The number of thiazole rings is 1. The average Bonchev–Trinajstić information content (AvgIpc) is 3.14. The van der Waals surface area contributed by atoms with Gasteiger partial charge in [0.2, 0.25) is 0 Å². The van der Waals surface area contributed by atoms with E-state index >= 15 is 0 Å². The fourth-order valence-electron chi connectivity index (χ4n) is 2.34. The molecular formula is C19H18N2O2S2. The van der Waals surface area contributed by atoms with Gasteiger partial charge in [-0.1, -0.05) is 24.3 Å². The van der Waals surface area contributed by atoms with E-state index in [9.17, 15) is 4.79 Å². The fraction of sp³-hybridized carbons (Fsp3) is 0.158. The Morgan fingerprint density at radius 2 is 2.12 bits per heavy atom. The van der Waals surface area contributed by atoms with Gasteiger partial charge in [-0.05, 0) is 29.8 Å². The average molecular weight is 370 g/mol. The number of methoxy groups -OCH3 is 1. The lowest BCUT2D eigenvalue weighted by Crippen LogP contribution is -2.13. The third-order valence-electron chi connectivity index (χ3n) is 3.49. The Kier molecular flexibility index (Phi) is 6.22. The Bertz CT molecular complexity index is 835. The summed E-state index contributed by atoms with van der Waals surface area (Å²) < 4.78 is 5.14. The molecule has 0 atom stereocenters. The van der Waals surface area contributed by atoms with Gasteiger partial charge in [-0.15, -0.1) is 23.1 Å². The van der Waals surface area contributed by atoms with Crippen LogP contribution in [0.2, 0.25) is 0 Å². The van der Waals surface area contributed by atoms with E-state index in [0.717, 1.165) is 27.6 Å². The third kappa shape index (κ3) is 4.92. The highest BCUT2D eigenvalue weighted by Crippen LogP contribution is 2.27. The van der Waals surface area contributed by atoms with Crippen molar-refractivity contribution in [3.63, 3.8) is 0 Å². The van der Waals surface area contributed by atoms with E-state index in [1.54, 1.807) is 30.2 Å². The summed E-state index contributed by atoms with van der Waals surface area (Å²) in [5.41, 5.74) is 5.30. The van der Waals surface area contributed by atoms with Crippen LogP contribution in [0.5, 0.6) is 0 Å². The van der Waals surface area contributed by atoms with E-state index in [-0.39, 0.29) is 5.91 Å². The summed E-state index contributed by atoms with van der Waals surface area (Å²) in [5, 5.41) is 4.99. The van der Waals surface area contributed by atoms with Crippen molar-refractivity contribution < 1.29 is 9.53 Å². The van der Waals surface area contributed by atoms with E-state index in [0.29, 0.717) is 12.2 Å². The zero-order chi connectivity index (χ0) is 17.5. The Morgan fingerprint density at radius 1 is 1.24 bits per heavy atom. The second-order valence-electron chi connectivity index (χ2n) is 5.35. The van der Waals surface area contributed by atoms with E-state index in [1.165, 1.54) is 0 Å². The highest BCUT2D eigenvalue weighted by molar-refractivity contribution is 7.98. The second-order valence-corrected chi connectivity index (χ2v) is 7.09. The lowest BCUT2D eigenvalue weighted by Gasteiger charge is -2.10. The number of nitrogens with one attached hydrogen (secondary N) is 1. The van der Waals surface area contributed by atoms with Crippen LogP contribution in [0, 0.1) is 0 Å². The minimum absolute atomic E-state index is 0.115. The molecule has 1 aromatic heterocycles. The summed E-state index contributed by atoms with van der Waals surface area (Å²) in [6, 6.07) is 15.3. The lowest BCUT2D eigenvalue weighted by molar-refractivity contribution is 0.102. The number of nitrogens with zero attached hydrogens (tertiary/aromatic N) is 1. The molecule has 1 heterocycles. The summed E-state index contributed by atoms with van der Waals surface area (Å²) in [7, 11) is 1.65. The van der Waals surface area contributed by atoms with Gasteiger partial charge in [0, 0.05) is 28.8 Å². The summed E-state index contributed by atoms with van der Waals surface area (Å²) in [6.07, 6.45) is 0. The molecule has 0 aliphatic heterocycles. The first kappa shape index (κ1) is 17.7. The molecule has 1 N–H and O–H groups in total. The van der Waals surface area contributed by atoms with Gasteiger partial charge in [-0.3, -0.25) is 4.79 Å². The van der Waals surface area contributed by atoms with Gasteiger partial charge in [0.05, 0.1) is 23.4 Å². The van der Waals surface area contributed by atoms with Gasteiger partial charge < -0.3 is 10.1 Å². The molecule has 6 heteroatoms. The number of amides is 1. The van der Waals surface area contributed by atoms with Crippen molar-refractivity contribution in [2.75, 3.05) is 12.4 Å². The molecule has 0 aliphatic carbocycles. The fourth-order valence-corrected chi connectivity index (χ4v) is 3.96. The predicted octanol–water partition coefficient (Wildman–Crippen LogP) is 4.83. The molecule has 128 valence electrons.